The molecule has 2 aliphatic heterocycles. The molecule has 2 nitrogen and oxygen atoms in total. The summed E-state index contributed by atoms with van der Waals surface area (Å²) < 4.78 is 0. The van der Waals surface area contributed by atoms with Gasteiger partial charge in [-0.05, 0) is 55.3 Å². The van der Waals surface area contributed by atoms with Crippen LogP contribution < -0.4 is 5.32 Å². The van der Waals surface area contributed by atoms with E-state index in [4.69, 9.17) is 0 Å². The topological polar surface area (TPSA) is 15.3 Å². The normalized spacial score (nSPS) is 17.0. The summed E-state index contributed by atoms with van der Waals surface area (Å²) in [6, 6.07) is 17.2. The molecule has 0 amide bonds. The second-order valence-corrected chi connectivity index (χ2v) is 6.26. The maximum absolute atomic E-state index is 3.60. The van der Waals surface area contributed by atoms with Crippen LogP contribution in [-0.2, 0) is 0 Å². The Bertz CT molecular complexity index is 702. The van der Waals surface area contributed by atoms with E-state index in [1.807, 2.05) is 0 Å². The van der Waals surface area contributed by atoms with E-state index in [0.29, 0.717) is 0 Å². The van der Waals surface area contributed by atoms with Gasteiger partial charge in [0.2, 0.25) is 0 Å². The fourth-order valence-electron chi connectivity index (χ4n) is 3.51. The number of piperidine rings is 1. The standard InChI is InChI=1S/C20H22N2.ClH/c1-6-12-22(13-7-1)15-17-14-16-8-2-4-10-19(16)21-20-11-5-3-9-18(17)20;/h2-5,8-11,14,21H,1,6-7,12-13,15H2;1H. The molecule has 23 heavy (non-hydrogen) atoms. The first-order valence-corrected chi connectivity index (χ1v) is 8.28. The van der Waals surface area contributed by atoms with E-state index in [9.17, 15) is 0 Å². The minimum Gasteiger partial charge on any atom is -0.355 e. The number of nitrogens with zero attached hydrogens (tertiary/aromatic N) is 1. The van der Waals surface area contributed by atoms with E-state index in [2.05, 4.69) is 64.8 Å². The van der Waals surface area contributed by atoms with Crippen LogP contribution in [0.3, 0.4) is 0 Å². The van der Waals surface area contributed by atoms with Gasteiger partial charge in [0.15, 0.2) is 0 Å². The molecule has 120 valence electrons. The second kappa shape index (κ2) is 7.20. The zero-order valence-corrected chi connectivity index (χ0v) is 14.1. The summed E-state index contributed by atoms with van der Waals surface area (Å²) in [7, 11) is 0. The van der Waals surface area contributed by atoms with Crippen molar-refractivity contribution in [2.75, 3.05) is 25.0 Å². The number of hydrogen-bond acceptors (Lipinski definition) is 2. The minimum absolute atomic E-state index is 0. The summed E-state index contributed by atoms with van der Waals surface area (Å²) in [5.74, 6) is 0. The Hall–Kier alpha value is -1.77. The van der Waals surface area contributed by atoms with Gasteiger partial charge in [-0.25, -0.2) is 0 Å². The summed E-state index contributed by atoms with van der Waals surface area (Å²) in [6.45, 7) is 3.51. The lowest BCUT2D eigenvalue weighted by atomic mass is 10.0. The van der Waals surface area contributed by atoms with Crippen LogP contribution in [0.2, 0.25) is 0 Å². The molecule has 1 N–H and O–H groups in total. The summed E-state index contributed by atoms with van der Waals surface area (Å²) in [4.78, 5) is 2.60. The molecule has 2 heterocycles. The van der Waals surface area contributed by atoms with Crippen molar-refractivity contribution < 1.29 is 0 Å². The van der Waals surface area contributed by atoms with Crippen molar-refractivity contribution >= 4 is 35.4 Å². The van der Waals surface area contributed by atoms with Gasteiger partial charge in [-0.1, -0.05) is 42.8 Å². The molecule has 0 saturated carbocycles. The van der Waals surface area contributed by atoms with Crippen LogP contribution in [-0.4, -0.2) is 24.5 Å². The molecular weight excluding hydrogens is 304 g/mol. The second-order valence-electron chi connectivity index (χ2n) is 6.26. The first-order chi connectivity index (χ1) is 10.9. The van der Waals surface area contributed by atoms with Gasteiger partial charge in [-0.3, -0.25) is 4.90 Å². The number of hydrogen-bond donors (Lipinski definition) is 1. The average Bonchev–Trinajstić information content (AvgIpc) is 2.72. The number of fused-ring (bicyclic) bond motifs is 2. The van der Waals surface area contributed by atoms with Crippen LogP contribution in [0.5, 0.6) is 0 Å². The zero-order valence-electron chi connectivity index (χ0n) is 13.3. The quantitative estimate of drug-likeness (QED) is 0.816. The van der Waals surface area contributed by atoms with Gasteiger partial charge in [0.25, 0.3) is 0 Å². The third kappa shape index (κ3) is 3.44. The van der Waals surface area contributed by atoms with E-state index in [1.54, 1.807) is 0 Å². The Morgan fingerprint density at radius 1 is 0.826 bits per heavy atom. The van der Waals surface area contributed by atoms with Gasteiger partial charge in [-0.15, -0.1) is 12.4 Å². The van der Waals surface area contributed by atoms with Crippen LogP contribution in [0.4, 0.5) is 11.4 Å². The number of benzene rings is 2. The van der Waals surface area contributed by atoms with E-state index in [1.165, 1.54) is 60.4 Å². The lowest BCUT2D eigenvalue weighted by Gasteiger charge is -2.27. The molecule has 0 unspecified atom stereocenters. The average molecular weight is 327 g/mol. The van der Waals surface area contributed by atoms with Crippen molar-refractivity contribution in [1.82, 2.24) is 4.90 Å². The number of likely N-dealkylation sites (tertiary alicyclic amines) is 1. The Morgan fingerprint density at radius 2 is 1.52 bits per heavy atom. The molecule has 0 aliphatic carbocycles. The predicted molar refractivity (Wildman–Crippen MR) is 102 cm³/mol. The molecular formula is C20H23ClN2. The summed E-state index contributed by atoms with van der Waals surface area (Å²) in [5.41, 5.74) is 6.46. The molecule has 0 aromatic heterocycles. The summed E-state index contributed by atoms with van der Waals surface area (Å²) in [5, 5.41) is 3.60. The van der Waals surface area contributed by atoms with E-state index < -0.39 is 0 Å². The third-order valence-electron chi connectivity index (χ3n) is 4.68. The first kappa shape index (κ1) is 16.1. The Balaban J connectivity index is 0.00000156. The lowest BCUT2D eigenvalue weighted by molar-refractivity contribution is 0.255. The Morgan fingerprint density at radius 3 is 2.35 bits per heavy atom. The van der Waals surface area contributed by atoms with Crippen molar-refractivity contribution in [3.8, 4) is 0 Å². The van der Waals surface area contributed by atoms with Crippen molar-refractivity contribution in [3.05, 3.63) is 59.7 Å². The number of rotatable bonds is 2. The Kier molecular flexibility index (Phi) is 5.04. The van der Waals surface area contributed by atoms with Gasteiger partial charge >= 0.3 is 0 Å². The summed E-state index contributed by atoms with van der Waals surface area (Å²) >= 11 is 0. The van der Waals surface area contributed by atoms with Crippen molar-refractivity contribution in [2.45, 2.75) is 19.3 Å². The highest BCUT2D eigenvalue weighted by Crippen LogP contribution is 2.35. The van der Waals surface area contributed by atoms with Crippen molar-refractivity contribution in [3.63, 3.8) is 0 Å². The third-order valence-corrected chi connectivity index (χ3v) is 4.68. The number of nitrogens with one attached hydrogen (secondary N) is 1. The number of halogens is 1. The van der Waals surface area contributed by atoms with E-state index in [0.717, 1.165) is 6.54 Å². The van der Waals surface area contributed by atoms with Gasteiger partial charge < -0.3 is 5.32 Å². The fraction of sp³-hybridized carbons (Fsp3) is 0.300. The van der Waals surface area contributed by atoms with Crippen LogP contribution >= 0.6 is 12.4 Å². The maximum Gasteiger partial charge on any atom is 0.0461 e. The molecule has 0 atom stereocenters. The highest BCUT2D eigenvalue weighted by Gasteiger charge is 2.17. The highest BCUT2D eigenvalue weighted by molar-refractivity contribution is 5.94. The molecule has 1 saturated heterocycles. The molecule has 4 rings (SSSR count). The van der Waals surface area contributed by atoms with Crippen molar-refractivity contribution in [1.29, 1.82) is 0 Å². The van der Waals surface area contributed by atoms with Crippen LogP contribution in [0.1, 0.15) is 30.4 Å². The van der Waals surface area contributed by atoms with E-state index in [-0.39, 0.29) is 12.4 Å². The summed E-state index contributed by atoms with van der Waals surface area (Å²) in [6.07, 6.45) is 6.42. The largest absolute Gasteiger partial charge is 0.355 e. The minimum atomic E-state index is 0. The number of para-hydroxylation sites is 2. The predicted octanol–water partition coefficient (Wildman–Crippen LogP) is 5.19. The SMILES string of the molecule is C1=C(CN2CCCCC2)c2ccccc2Nc2ccccc21.Cl. The number of anilines is 2. The Labute approximate surface area is 144 Å². The molecule has 1 fully saturated rings. The van der Waals surface area contributed by atoms with Gasteiger partial charge in [-0.2, -0.15) is 0 Å². The maximum atomic E-state index is 3.60. The smallest absolute Gasteiger partial charge is 0.0461 e. The molecule has 0 spiro atoms. The highest BCUT2D eigenvalue weighted by atomic mass is 35.5. The zero-order chi connectivity index (χ0) is 14.8. The van der Waals surface area contributed by atoms with Crippen LogP contribution in [0, 0.1) is 0 Å². The van der Waals surface area contributed by atoms with Gasteiger partial charge in [0, 0.05) is 23.5 Å². The molecule has 3 heteroatoms. The van der Waals surface area contributed by atoms with Gasteiger partial charge in [0.1, 0.15) is 0 Å². The van der Waals surface area contributed by atoms with E-state index >= 15 is 0 Å². The molecule has 0 bridgehead atoms. The molecule has 0 radical (unpaired) electrons. The fourth-order valence-corrected chi connectivity index (χ4v) is 3.51. The molecule has 2 aromatic carbocycles. The molecule has 2 aromatic rings. The lowest BCUT2D eigenvalue weighted by Crippen LogP contribution is -2.31. The van der Waals surface area contributed by atoms with Gasteiger partial charge in [0.05, 0.1) is 0 Å². The van der Waals surface area contributed by atoms with Crippen molar-refractivity contribution in [2.24, 2.45) is 0 Å². The first-order valence-electron chi connectivity index (χ1n) is 8.28. The monoisotopic (exact) mass is 326 g/mol. The molecule has 2 aliphatic rings. The van der Waals surface area contributed by atoms with Crippen LogP contribution in [0.15, 0.2) is 48.5 Å². The van der Waals surface area contributed by atoms with Crippen LogP contribution in [0.25, 0.3) is 11.6 Å².